The van der Waals surface area contributed by atoms with Gasteiger partial charge in [-0.1, -0.05) is 18.2 Å². The van der Waals surface area contributed by atoms with E-state index in [1.807, 2.05) is 6.07 Å². The Labute approximate surface area is 116 Å². The van der Waals surface area contributed by atoms with Gasteiger partial charge >= 0.3 is 0 Å². The van der Waals surface area contributed by atoms with Gasteiger partial charge in [-0.25, -0.2) is 4.39 Å². The molecule has 0 atom stereocenters. The zero-order valence-corrected chi connectivity index (χ0v) is 11.1. The average Bonchev–Trinajstić information content (AvgIpc) is 2.42. The summed E-state index contributed by atoms with van der Waals surface area (Å²) in [5, 5.41) is 14.0. The largest absolute Gasteiger partial charge is 0.385 e. The first-order valence-electron chi connectivity index (χ1n) is 6.29. The molecule has 0 fully saturated rings. The van der Waals surface area contributed by atoms with Crippen molar-refractivity contribution in [1.29, 1.82) is 0 Å². The molecule has 0 saturated carbocycles. The molecule has 0 amide bonds. The Morgan fingerprint density at radius 3 is 2.55 bits per heavy atom. The van der Waals surface area contributed by atoms with Gasteiger partial charge in [0, 0.05) is 23.9 Å². The van der Waals surface area contributed by atoms with Gasteiger partial charge in [-0.3, -0.25) is 10.1 Å². The van der Waals surface area contributed by atoms with Crippen LogP contribution in [0.25, 0.3) is 0 Å². The molecule has 2 rings (SSSR count). The molecule has 1 N–H and O–H groups in total. The number of nitrogens with one attached hydrogen (secondary N) is 1. The van der Waals surface area contributed by atoms with E-state index in [2.05, 4.69) is 5.32 Å². The SMILES string of the molecule is Cc1ccc(NCCc2ccc(F)cc2)cc1[N+](=O)[O-]. The Bertz CT molecular complexity index is 612. The minimum Gasteiger partial charge on any atom is -0.385 e. The molecule has 2 aromatic rings. The van der Waals surface area contributed by atoms with E-state index in [1.165, 1.54) is 18.2 Å². The van der Waals surface area contributed by atoms with Crippen molar-refractivity contribution >= 4 is 11.4 Å². The van der Waals surface area contributed by atoms with Crippen LogP contribution < -0.4 is 5.32 Å². The Hall–Kier alpha value is -2.43. The summed E-state index contributed by atoms with van der Waals surface area (Å²) in [6, 6.07) is 11.4. The molecule has 0 aromatic heterocycles. The highest BCUT2D eigenvalue weighted by molar-refractivity contribution is 5.54. The van der Waals surface area contributed by atoms with Crippen LogP contribution in [0.4, 0.5) is 15.8 Å². The molecule has 5 heteroatoms. The maximum absolute atomic E-state index is 12.8. The predicted molar refractivity (Wildman–Crippen MR) is 76.4 cm³/mol. The molecule has 0 bridgehead atoms. The number of rotatable bonds is 5. The highest BCUT2D eigenvalue weighted by atomic mass is 19.1. The number of anilines is 1. The van der Waals surface area contributed by atoms with Crippen LogP contribution in [0, 0.1) is 22.9 Å². The number of nitrogens with zero attached hydrogens (tertiary/aromatic N) is 1. The highest BCUT2D eigenvalue weighted by Gasteiger charge is 2.10. The smallest absolute Gasteiger partial charge is 0.274 e. The summed E-state index contributed by atoms with van der Waals surface area (Å²) in [5.74, 6) is -0.254. The summed E-state index contributed by atoms with van der Waals surface area (Å²) in [7, 11) is 0. The monoisotopic (exact) mass is 274 g/mol. The molecule has 0 saturated heterocycles. The van der Waals surface area contributed by atoms with Crippen molar-refractivity contribution in [3.05, 3.63) is 69.5 Å². The number of hydrogen-bond acceptors (Lipinski definition) is 3. The summed E-state index contributed by atoms with van der Waals surface area (Å²) in [6.45, 7) is 2.34. The van der Waals surface area contributed by atoms with Gasteiger partial charge in [0.15, 0.2) is 0 Å². The topological polar surface area (TPSA) is 55.2 Å². The van der Waals surface area contributed by atoms with Gasteiger partial charge in [0.05, 0.1) is 4.92 Å². The van der Waals surface area contributed by atoms with Crippen molar-refractivity contribution in [1.82, 2.24) is 0 Å². The van der Waals surface area contributed by atoms with Crippen LogP contribution in [0.2, 0.25) is 0 Å². The Kier molecular flexibility index (Phi) is 4.30. The van der Waals surface area contributed by atoms with Gasteiger partial charge in [-0.05, 0) is 37.1 Å². The van der Waals surface area contributed by atoms with Crippen LogP contribution >= 0.6 is 0 Å². The molecular weight excluding hydrogens is 259 g/mol. The van der Waals surface area contributed by atoms with Gasteiger partial charge in [0.25, 0.3) is 5.69 Å². The lowest BCUT2D eigenvalue weighted by Crippen LogP contribution is -2.05. The minimum absolute atomic E-state index is 0.108. The van der Waals surface area contributed by atoms with Crippen molar-refractivity contribution < 1.29 is 9.31 Å². The molecule has 0 radical (unpaired) electrons. The molecule has 0 aliphatic rings. The van der Waals surface area contributed by atoms with Crippen LogP contribution in [-0.4, -0.2) is 11.5 Å². The lowest BCUT2D eigenvalue weighted by atomic mass is 10.1. The first kappa shape index (κ1) is 14.0. The lowest BCUT2D eigenvalue weighted by molar-refractivity contribution is -0.385. The third-order valence-electron chi connectivity index (χ3n) is 3.06. The van der Waals surface area contributed by atoms with Gasteiger partial charge < -0.3 is 5.32 Å². The maximum Gasteiger partial charge on any atom is 0.274 e. The third kappa shape index (κ3) is 3.54. The molecule has 104 valence electrons. The third-order valence-corrected chi connectivity index (χ3v) is 3.06. The van der Waals surface area contributed by atoms with E-state index >= 15 is 0 Å². The van der Waals surface area contributed by atoms with Crippen LogP contribution in [0.5, 0.6) is 0 Å². The average molecular weight is 274 g/mol. The summed E-state index contributed by atoms with van der Waals surface area (Å²) in [4.78, 5) is 10.5. The first-order chi connectivity index (χ1) is 9.56. The molecule has 0 aliphatic heterocycles. The first-order valence-corrected chi connectivity index (χ1v) is 6.29. The number of nitro benzene ring substituents is 1. The molecular formula is C15H15FN2O2. The molecule has 0 unspecified atom stereocenters. The van der Waals surface area contributed by atoms with Gasteiger partial charge in [-0.15, -0.1) is 0 Å². The van der Waals surface area contributed by atoms with Gasteiger partial charge in [0.2, 0.25) is 0 Å². The van der Waals surface area contributed by atoms with Crippen molar-refractivity contribution in [2.45, 2.75) is 13.3 Å². The van der Waals surface area contributed by atoms with E-state index in [-0.39, 0.29) is 16.4 Å². The van der Waals surface area contributed by atoms with Crippen molar-refractivity contribution in [3.63, 3.8) is 0 Å². The zero-order valence-electron chi connectivity index (χ0n) is 11.1. The normalized spacial score (nSPS) is 10.3. The fraction of sp³-hybridized carbons (Fsp3) is 0.200. The number of aryl methyl sites for hydroxylation is 1. The van der Waals surface area contributed by atoms with Crippen LogP contribution in [0.1, 0.15) is 11.1 Å². The van der Waals surface area contributed by atoms with Crippen LogP contribution in [0.15, 0.2) is 42.5 Å². The van der Waals surface area contributed by atoms with Gasteiger partial charge in [-0.2, -0.15) is 0 Å². The van der Waals surface area contributed by atoms with Crippen LogP contribution in [0.3, 0.4) is 0 Å². The maximum atomic E-state index is 12.8. The van der Waals surface area contributed by atoms with E-state index in [0.29, 0.717) is 17.8 Å². The zero-order chi connectivity index (χ0) is 14.5. The number of halogens is 1. The Morgan fingerprint density at radius 2 is 1.90 bits per heavy atom. The Balaban J connectivity index is 1.96. The molecule has 0 aliphatic carbocycles. The van der Waals surface area contributed by atoms with Crippen molar-refractivity contribution in [2.75, 3.05) is 11.9 Å². The number of benzene rings is 2. The predicted octanol–water partition coefficient (Wildman–Crippen LogP) is 3.70. The fourth-order valence-corrected chi connectivity index (χ4v) is 1.92. The van der Waals surface area contributed by atoms with Gasteiger partial charge in [0.1, 0.15) is 5.82 Å². The quantitative estimate of drug-likeness (QED) is 0.668. The molecule has 20 heavy (non-hydrogen) atoms. The summed E-state index contributed by atoms with van der Waals surface area (Å²) >= 11 is 0. The van der Waals surface area contributed by atoms with Crippen LogP contribution in [-0.2, 0) is 6.42 Å². The van der Waals surface area contributed by atoms with Crippen molar-refractivity contribution in [3.8, 4) is 0 Å². The van der Waals surface area contributed by atoms with E-state index in [4.69, 9.17) is 0 Å². The second-order valence-corrected chi connectivity index (χ2v) is 4.56. The summed E-state index contributed by atoms with van der Waals surface area (Å²) in [6.07, 6.45) is 0.724. The number of nitro groups is 1. The lowest BCUT2D eigenvalue weighted by Gasteiger charge is -2.07. The van der Waals surface area contributed by atoms with E-state index in [9.17, 15) is 14.5 Å². The molecule has 0 spiro atoms. The second-order valence-electron chi connectivity index (χ2n) is 4.56. The molecule has 2 aromatic carbocycles. The van der Waals surface area contributed by atoms with Crippen molar-refractivity contribution in [2.24, 2.45) is 0 Å². The fourth-order valence-electron chi connectivity index (χ4n) is 1.92. The minimum atomic E-state index is -0.388. The van der Waals surface area contributed by atoms with E-state index in [0.717, 1.165) is 12.0 Å². The summed E-state index contributed by atoms with van der Waals surface area (Å²) < 4.78 is 12.8. The summed E-state index contributed by atoms with van der Waals surface area (Å²) in [5.41, 5.74) is 2.47. The number of hydrogen-bond donors (Lipinski definition) is 1. The standard InChI is InChI=1S/C15H15FN2O2/c1-11-2-7-14(10-15(11)18(19)20)17-9-8-12-3-5-13(16)6-4-12/h2-7,10,17H,8-9H2,1H3. The van der Waals surface area contributed by atoms with E-state index in [1.54, 1.807) is 25.1 Å². The molecule has 0 heterocycles. The Morgan fingerprint density at radius 1 is 1.20 bits per heavy atom. The highest BCUT2D eigenvalue weighted by Crippen LogP contribution is 2.22. The second kappa shape index (κ2) is 6.14. The van der Waals surface area contributed by atoms with E-state index < -0.39 is 0 Å². The molecule has 4 nitrogen and oxygen atoms in total.